The van der Waals surface area contributed by atoms with Crippen LogP contribution in [0.25, 0.3) is 0 Å². The smallest absolute Gasteiger partial charge is 0.126 e. The monoisotopic (exact) mass is 316 g/mol. The van der Waals surface area contributed by atoms with E-state index in [1.165, 1.54) is 0 Å². The molecule has 2 rings (SSSR count). The SMILES string of the molecule is OCCCCCCOC1CCC(C2CCC(O)C(F)C2)CC1. The predicted octanol–water partition coefficient (Wildman–Crippen LogP) is 3.61. The normalized spacial score (nSPS) is 36.4. The van der Waals surface area contributed by atoms with Crippen LogP contribution in [0.4, 0.5) is 4.39 Å². The zero-order valence-electron chi connectivity index (χ0n) is 13.8. The second-order valence-electron chi connectivity index (χ2n) is 7.20. The molecule has 0 bridgehead atoms. The van der Waals surface area contributed by atoms with Gasteiger partial charge in [-0.25, -0.2) is 4.39 Å². The van der Waals surface area contributed by atoms with Gasteiger partial charge in [0.05, 0.1) is 12.2 Å². The number of ether oxygens (including phenoxy) is 1. The lowest BCUT2D eigenvalue weighted by atomic mass is 9.72. The van der Waals surface area contributed by atoms with Crippen molar-refractivity contribution in [1.29, 1.82) is 0 Å². The summed E-state index contributed by atoms with van der Waals surface area (Å²) in [5.74, 6) is 1.10. The fourth-order valence-corrected chi connectivity index (χ4v) is 4.10. The van der Waals surface area contributed by atoms with Crippen molar-refractivity contribution in [3.63, 3.8) is 0 Å². The lowest BCUT2D eigenvalue weighted by Gasteiger charge is -2.38. The van der Waals surface area contributed by atoms with Gasteiger partial charge in [0, 0.05) is 13.2 Å². The Morgan fingerprint density at radius 3 is 2.23 bits per heavy atom. The van der Waals surface area contributed by atoms with Crippen LogP contribution in [-0.4, -0.2) is 41.8 Å². The summed E-state index contributed by atoms with van der Waals surface area (Å²) < 4.78 is 19.6. The third-order valence-electron chi connectivity index (χ3n) is 5.57. The molecule has 0 aromatic rings. The molecule has 3 nitrogen and oxygen atoms in total. The minimum absolute atomic E-state index is 0.294. The van der Waals surface area contributed by atoms with E-state index in [0.29, 0.717) is 37.4 Å². The van der Waals surface area contributed by atoms with Crippen LogP contribution in [0.2, 0.25) is 0 Å². The second-order valence-corrected chi connectivity index (χ2v) is 7.20. The summed E-state index contributed by atoms with van der Waals surface area (Å²) in [4.78, 5) is 0. The van der Waals surface area contributed by atoms with Gasteiger partial charge in [-0.15, -0.1) is 0 Å². The molecule has 0 amide bonds. The van der Waals surface area contributed by atoms with Crippen molar-refractivity contribution in [2.75, 3.05) is 13.2 Å². The van der Waals surface area contributed by atoms with E-state index in [1.807, 2.05) is 0 Å². The maximum atomic E-state index is 13.7. The summed E-state index contributed by atoms with van der Waals surface area (Å²) >= 11 is 0. The maximum absolute atomic E-state index is 13.7. The zero-order valence-corrected chi connectivity index (χ0v) is 13.8. The third kappa shape index (κ3) is 5.78. The molecule has 0 aromatic carbocycles. The highest BCUT2D eigenvalue weighted by atomic mass is 19.1. The van der Waals surface area contributed by atoms with Gasteiger partial charge < -0.3 is 14.9 Å². The number of halogens is 1. The van der Waals surface area contributed by atoms with Gasteiger partial charge in [0.1, 0.15) is 6.17 Å². The van der Waals surface area contributed by atoms with Crippen LogP contribution < -0.4 is 0 Å². The highest BCUT2D eigenvalue weighted by molar-refractivity contribution is 4.86. The van der Waals surface area contributed by atoms with E-state index in [0.717, 1.165) is 64.4 Å². The molecule has 0 radical (unpaired) electrons. The molecule has 3 atom stereocenters. The van der Waals surface area contributed by atoms with E-state index in [-0.39, 0.29) is 0 Å². The first-order valence-corrected chi connectivity index (χ1v) is 9.25. The van der Waals surface area contributed by atoms with Crippen LogP contribution in [0.15, 0.2) is 0 Å². The van der Waals surface area contributed by atoms with E-state index in [4.69, 9.17) is 9.84 Å². The van der Waals surface area contributed by atoms with Crippen molar-refractivity contribution in [3.05, 3.63) is 0 Å². The van der Waals surface area contributed by atoms with E-state index in [1.54, 1.807) is 0 Å². The van der Waals surface area contributed by atoms with E-state index >= 15 is 0 Å². The van der Waals surface area contributed by atoms with Crippen molar-refractivity contribution in [1.82, 2.24) is 0 Å². The summed E-state index contributed by atoms with van der Waals surface area (Å²) in [6.45, 7) is 1.13. The maximum Gasteiger partial charge on any atom is 0.126 e. The van der Waals surface area contributed by atoms with Crippen LogP contribution in [0.3, 0.4) is 0 Å². The van der Waals surface area contributed by atoms with E-state index in [2.05, 4.69) is 0 Å². The summed E-state index contributed by atoms with van der Waals surface area (Å²) in [6.07, 6.45) is 9.59. The molecule has 22 heavy (non-hydrogen) atoms. The first-order valence-electron chi connectivity index (χ1n) is 9.25. The van der Waals surface area contributed by atoms with Crippen LogP contribution in [0, 0.1) is 11.8 Å². The van der Waals surface area contributed by atoms with Crippen LogP contribution >= 0.6 is 0 Å². The molecule has 0 heterocycles. The molecular formula is C18H33FO3. The lowest BCUT2D eigenvalue weighted by molar-refractivity contribution is -0.0165. The van der Waals surface area contributed by atoms with Crippen molar-refractivity contribution in [2.24, 2.45) is 11.8 Å². The van der Waals surface area contributed by atoms with Gasteiger partial charge in [-0.05, 0) is 69.6 Å². The number of aliphatic hydroxyl groups is 2. The fourth-order valence-electron chi connectivity index (χ4n) is 4.10. The molecule has 2 N–H and O–H groups in total. The number of alkyl halides is 1. The number of rotatable bonds is 8. The third-order valence-corrected chi connectivity index (χ3v) is 5.57. The van der Waals surface area contributed by atoms with Crippen molar-refractivity contribution in [3.8, 4) is 0 Å². The molecule has 0 spiro atoms. The van der Waals surface area contributed by atoms with Crippen molar-refractivity contribution >= 4 is 0 Å². The molecular weight excluding hydrogens is 283 g/mol. The minimum atomic E-state index is -1.01. The van der Waals surface area contributed by atoms with Crippen molar-refractivity contribution in [2.45, 2.75) is 89.0 Å². The highest BCUT2D eigenvalue weighted by Crippen LogP contribution is 2.39. The fraction of sp³-hybridized carbons (Fsp3) is 1.00. The lowest BCUT2D eigenvalue weighted by Crippen LogP contribution is -2.35. The topological polar surface area (TPSA) is 49.7 Å². The molecule has 2 aliphatic rings. The Hall–Kier alpha value is -0.190. The Balaban J connectivity index is 1.56. The summed E-state index contributed by atoms with van der Waals surface area (Å²) in [5.41, 5.74) is 0. The van der Waals surface area contributed by atoms with Gasteiger partial charge in [0.25, 0.3) is 0 Å². The Kier molecular flexibility index (Phi) is 8.12. The van der Waals surface area contributed by atoms with E-state index < -0.39 is 12.3 Å². The number of unbranched alkanes of at least 4 members (excludes halogenated alkanes) is 3. The Bertz CT molecular complexity index is 292. The molecule has 130 valence electrons. The first kappa shape index (κ1) is 18.2. The Labute approximate surface area is 134 Å². The quantitative estimate of drug-likeness (QED) is 0.673. The largest absolute Gasteiger partial charge is 0.396 e. The summed E-state index contributed by atoms with van der Waals surface area (Å²) in [6, 6.07) is 0. The zero-order chi connectivity index (χ0) is 15.8. The molecule has 2 saturated carbocycles. The molecule has 0 saturated heterocycles. The van der Waals surface area contributed by atoms with Crippen LogP contribution in [0.5, 0.6) is 0 Å². The molecule has 3 unspecified atom stereocenters. The Morgan fingerprint density at radius 2 is 1.55 bits per heavy atom. The predicted molar refractivity (Wildman–Crippen MR) is 85.5 cm³/mol. The molecule has 2 fully saturated rings. The molecule has 4 heteroatoms. The summed E-state index contributed by atoms with van der Waals surface area (Å²) in [5, 5.41) is 18.2. The van der Waals surface area contributed by atoms with Gasteiger partial charge in [-0.3, -0.25) is 0 Å². The van der Waals surface area contributed by atoms with Gasteiger partial charge in [-0.1, -0.05) is 12.8 Å². The van der Waals surface area contributed by atoms with Gasteiger partial charge in [0.2, 0.25) is 0 Å². The van der Waals surface area contributed by atoms with Gasteiger partial charge >= 0.3 is 0 Å². The van der Waals surface area contributed by atoms with Gasteiger partial charge in [0.15, 0.2) is 0 Å². The first-order chi connectivity index (χ1) is 10.7. The number of aliphatic hydroxyl groups excluding tert-OH is 2. The van der Waals surface area contributed by atoms with Crippen molar-refractivity contribution < 1.29 is 19.3 Å². The van der Waals surface area contributed by atoms with Gasteiger partial charge in [-0.2, -0.15) is 0 Å². The van der Waals surface area contributed by atoms with E-state index in [9.17, 15) is 9.50 Å². The standard InChI is InChI=1S/C18H33FO3/c19-17-13-15(7-10-18(17)21)14-5-8-16(9-6-14)22-12-4-2-1-3-11-20/h14-18,20-21H,1-13H2. The minimum Gasteiger partial charge on any atom is -0.396 e. The molecule has 2 aliphatic carbocycles. The average molecular weight is 316 g/mol. The summed E-state index contributed by atoms with van der Waals surface area (Å²) in [7, 11) is 0. The van der Waals surface area contributed by atoms with Crippen LogP contribution in [-0.2, 0) is 4.74 Å². The number of hydrogen-bond acceptors (Lipinski definition) is 3. The van der Waals surface area contributed by atoms with Crippen LogP contribution in [0.1, 0.15) is 70.6 Å². The highest BCUT2D eigenvalue weighted by Gasteiger charge is 2.35. The molecule has 0 aliphatic heterocycles. The molecule has 0 aromatic heterocycles. The average Bonchev–Trinajstić information content (AvgIpc) is 2.54. The second kappa shape index (κ2) is 9.84. The Morgan fingerprint density at radius 1 is 0.864 bits per heavy atom. The number of hydrogen-bond donors (Lipinski definition) is 2.